The number of pyridine rings is 1. The number of amides is 2. The van der Waals surface area contributed by atoms with E-state index in [0.717, 1.165) is 24.0 Å². The average Bonchev–Trinajstić information content (AvgIpc) is 3.84. The van der Waals surface area contributed by atoms with E-state index < -0.39 is 5.76 Å². The van der Waals surface area contributed by atoms with Crippen molar-refractivity contribution in [1.82, 2.24) is 25.3 Å². The van der Waals surface area contributed by atoms with Crippen molar-refractivity contribution < 1.29 is 18.5 Å². The summed E-state index contributed by atoms with van der Waals surface area (Å²) in [6.07, 6.45) is 2.60. The Morgan fingerprint density at radius 2 is 1.82 bits per heavy atom. The van der Waals surface area contributed by atoms with Gasteiger partial charge in [0.2, 0.25) is 0 Å². The molecule has 9 nitrogen and oxygen atoms in total. The highest BCUT2D eigenvalue weighted by Gasteiger charge is 2.44. The number of rotatable bonds is 8. The molecule has 5 aromatic rings. The van der Waals surface area contributed by atoms with E-state index >= 15 is 0 Å². The fourth-order valence-corrected chi connectivity index (χ4v) is 7.30. The Bertz CT molecular complexity index is 2020. The first-order chi connectivity index (χ1) is 21.8. The molecule has 2 aliphatic rings. The summed E-state index contributed by atoms with van der Waals surface area (Å²) in [6, 6.07) is 14.7. The SMILES string of the molecule is O=C(NCc1ccc(Cl)c(Cl)c1)c1ccc(-c2c3c(nc(CCc4ccc(F)cc4)c2-c2noc(=O)[nH]2)C2CCCN2C3=O)s1. The van der Waals surface area contributed by atoms with Crippen molar-refractivity contribution in [1.29, 1.82) is 0 Å². The number of hydrogen-bond acceptors (Lipinski definition) is 7. The van der Waals surface area contributed by atoms with Crippen molar-refractivity contribution in [3.8, 4) is 21.8 Å². The van der Waals surface area contributed by atoms with E-state index in [0.29, 0.717) is 67.3 Å². The van der Waals surface area contributed by atoms with E-state index in [1.165, 1.54) is 23.5 Å². The summed E-state index contributed by atoms with van der Waals surface area (Å²) in [5, 5.41) is 7.71. The Morgan fingerprint density at radius 3 is 2.58 bits per heavy atom. The van der Waals surface area contributed by atoms with Crippen LogP contribution in [0.2, 0.25) is 10.0 Å². The zero-order chi connectivity index (χ0) is 31.2. The minimum Gasteiger partial charge on any atom is -0.347 e. The Kier molecular flexibility index (Phi) is 7.76. The summed E-state index contributed by atoms with van der Waals surface area (Å²) < 4.78 is 18.5. The predicted octanol–water partition coefficient (Wildman–Crippen LogP) is 6.61. The standard InChI is InChI=1S/C32H24Cl2FN5O4S/c33-19-9-5-17(14-20(19)34)15-36-30(41)24-12-11-23(45-24)26-25(29-38-32(43)44-39-29)21(10-6-16-3-7-18(35)8-4-16)37-28-22-2-1-13-40(22)31(42)27(26)28/h3-5,7-9,11-12,14,22H,1-2,6,10,13,15H2,(H,36,41)(H,38,39,43). The van der Waals surface area contributed by atoms with Crippen molar-refractivity contribution in [2.45, 2.75) is 38.3 Å². The van der Waals surface area contributed by atoms with Crippen LogP contribution in [0.25, 0.3) is 21.8 Å². The molecule has 3 aromatic heterocycles. The number of carbonyl (C=O) groups excluding carboxylic acids is 2. The Labute approximate surface area is 270 Å². The molecule has 1 atom stereocenters. The van der Waals surface area contributed by atoms with Gasteiger partial charge >= 0.3 is 5.76 Å². The minimum atomic E-state index is -0.749. The number of aromatic nitrogens is 3. The Balaban J connectivity index is 1.31. The van der Waals surface area contributed by atoms with E-state index in [1.54, 1.807) is 42.5 Å². The molecule has 0 radical (unpaired) electrons. The zero-order valence-electron chi connectivity index (χ0n) is 23.5. The van der Waals surface area contributed by atoms with Crippen LogP contribution < -0.4 is 11.1 Å². The van der Waals surface area contributed by atoms with Gasteiger partial charge in [0, 0.05) is 23.5 Å². The van der Waals surface area contributed by atoms with E-state index in [4.69, 9.17) is 32.7 Å². The maximum atomic E-state index is 13.9. The number of fused-ring (bicyclic) bond motifs is 3. The molecule has 2 amide bonds. The number of benzene rings is 2. The quantitative estimate of drug-likeness (QED) is 0.193. The molecule has 1 unspecified atom stereocenters. The first-order valence-electron chi connectivity index (χ1n) is 14.3. The van der Waals surface area contributed by atoms with Crippen LogP contribution in [0.5, 0.6) is 0 Å². The topological polar surface area (TPSA) is 121 Å². The van der Waals surface area contributed by atoms with E-state index in [2.05, 4.69) is 15.5 Å². The lowest BCUT2D eigenvalue weighted by Gasteiger charge is -2.16. The second-order valence-electron chi connectivity index (χ2n) is 10.9. The highest BCUT2D eigenvalue weighted by atomic mass is 35.5. The first-order valence-corrected chi connectivity index (χ1v) is 15.8. The molecule has 0 bridgehead atoms. The summed E-state index contributed by atoms with van der Waals surface area (Å²) in [7, 11) is 0. The number of aromatic amines is 1. The fraction of sp³-hybridized carbons (Fsp3) is 0.219. The molecular weight excluding hydrogens is 640 g/mol. The molecule has 0 spiro atoms. The van der Waals surface area contributed by atoms with Crippen LogP contribution >= 0.6 is 34.5 Å². The number of H-pyrrole nitrogens is 1. The highest BCUT2D eigenvalue weighted by Crippen LogP contribution is 2.48. The van der Waals surface area contributed by atoms with Crippen LogP contribution in [0, 0.1) is 5.82 Å². The summed E-state index contributed by atoms with van der Waals surface area (Å²) in [5.41, 5.74) is 4.42. The summed E-state index contributed by atoms with van der Waals surface area (Å²) in [6.45, 7) is 0.856. The van der Waals surface area contributed by atoms with Crippen molar-refractivity contribution in [2.75, 3.05) is 6.54 Å². The fourth-order valence-electron chi connectivity index (χ4n) is 6.00. The van der Waals surface area contributed by atoms with Gasteiger partial charge in [-0.1, -0.05) is 46.6 Å². The van der Waals surface area contributed by atoms with Gasteiger partial charge < -0.3 is 10.2 Å². The Morgan fingerprint density at radius 1 is 1.02 bits per heavy atom. The first kappa shape index (κ1) is 29.4. The van der Waals surface area contributed by atoms with Gasteiger partial charge in [0.1, 0.15) is 5.82 Å². The second kappa shape index (κ2) is 11.9. The van der Waals surface area contributed by atoms with Gasteiger partial charge in [-0.25, -0.2) is 9.18 Å². The molecule has 2 N–H and O–H groups in total. The molecule has 0 saturated carbocycles. The summed E-state index contributed by atoms with van der Waals surface area (Å²) >= 11 is 13.4. The summed E-state index contributed by atoms with van der Waals surface area (Å²) in [5.74, 6) is -1.39. The van der Waals surface area contributed by atoms with Crippen molar-refractivity contribution in [3.63, 3.8) is 0 Å². The molecule has 13 heteroatoms. The summed E-state index contributed by atoms with van der Waals surface area (Å²) in [4.78, 5) is 49.8. The van der Waals surface area contributed by atoms with Crippen LogP contribution in [0.1, 0.15) is 61.4 Å². The Hall–Kier alpha value is -4.32. The molecule has 5 heterocycles. The molecule has 2 aliphatic heterocycles. The van der Waals surface area contributed by atoms with E-state index in [1.807, 2.05) is 4.90 Å². The molecule has 45 heavy (non-hydrogen) atoms. The molecule has 2 aromatic carbocycles. The van der Waals surface area contributed by atoms with E-state index in [9.17, 15) is 18.8 Å². The van der Waals surface area contributed by atoms with Crippen molar-refractivity contribution in [3.05, 3.63) is 114 Å². The van der Waals surface area contributed by atoms with Gasteiger partial charge in [-0.2, -0.15) is 0 Å². The lowest BCUT2D eigenvalue weighted by Crippen LogP contribution is -2.23. The molecule has 0 aliphatic carbocycles. The van der Waals surface area contributed by atoms with Gasteiger partial charge in [-0.3, -0.25) is 24.1 Å². The average molecular weight is 665 g/mol. The molecular formula is C32H24Cl2FN5O4S. The molecule has 7 rings (SSSR count). The molecule has 1 saturated heterocycles. The second-order valence-corrected chi connectivity index (χ2v) is 12.8. The van der Waals surface area contributed by atoms with E-state index in [-0.39, 0.29) is 36.0 Å². The van der Waals surface area contributed by atoms with Crippen LogP contribution in [-0.2, 0) is 19.4 Å². The normalized spacial score (nSPS) is 15.4. The molecule has 228 valence electrons. The number of hydrogen-bond donors (Lipinski definition) is 2. The number of carbonyl (C=O) groups is 2. The lowest BCUT2D eigenvalue weighted by molar-refractivity contribution is 0.0776. The van der Waals surface area contributed by atoms with Gasteiger partial charge in [0.15, 0.2) is 5.82 Å². The zero-order valence-corrected chi connectivity index (χ0v) is 25.9. The highest BCUT2D eigenvalue weighted by molar-refractivity contribution is 7.17. The number of aryl methyl sites for hydroxylation is 2. The monoisotopic (exact) mass is 663 g/mol. The van der Waals surface area contributed by atoms with Crippen LogP contribution in [0.3, 0.4) is 0 Å². The third-order valence-corrected chi connectivity index (χ3v) is 9.94. The van der Waals surface area contributed by atoms with Crippen LogP contribution in [0.15, 0.2) is 63.9 Å². The third-order valence-electron chi connectivity index (χ3n) is 8.10. The van der Waals surface area contributed by atoms with Crippen LogP contribution in [0.4, 0.5) is 4.39 Å². The van der Waals surface area contributed by atoms with Gasteiger partial charge in [-0.15, -0.1) is 11.3 Å². The van der Waals surface area contributed by atoms with Crippen LogP contribution in [-0.4, -0.2) is 38.4 Å². The number of nitrogens with zero attached hydrogens (tertiary/aromatic N) is 3. The largest absolute Gasteiger partial charge is 0.439 e. The number of thiophene rings is 1. The van der Waals surface area contributed by atoms with Gasteiger partial charge in [-0.05, 0) is 73.2 Å². The third kappa shape index (κ3) is 5.56. The maximum Gasteiger partial charge on any atom is 0.439 e. The molecule has 1 fully saturated rings. The predicted molar refractivity (Wildman–Crippen MR) is 168 cm³/mol. The minimum absolute atomic E-state index is 0.137. The lowest BCUT2D eigenvalue weighted by atomic mass is 9.93. The van der Waals surface area contributed by atoms with Gasteiger partial charge in [0.25, 0.3) is 11.8 Å². The number of halogens is 3. The smallest absolute Gasteiger partial charge is 0.347 e. The number of nitrogens with one attached hydrogen (secondary N) is 2. The van der Waals surface area contributed by atoms with Gasteiger partial charge in [0.05, 0.1) is 43.5 Å². The van der Waals surface area contributed by atoms with Crippen molar-refractivity contribution in [2.24, 2.45) is 0 Å². The maximum absolute atomic E-state index is 13.9. The van der Waals surface area contributed by atoms with Crippen molar-refractivity contribution >= 4 is 46.4 Å².